The number of rotatable bonds is 6. The predicted molar refractivity (Wildman–Crippen MR) is 133 cm³/mol. The summed E-state index contributed by atoms with van der Waals surface area (Å²) in [6.07, 6.45) is 2.06. The maximum atomic E-state index is 15.2. The summed E-state index contributed by atoms with van der Waals surface area (Å²) in [6, 6.07) is 0.931. The molecule has 2 aliphatic heterocycles. The number of hydrogen-bond donors (Lipinski definition) is 3. The van der Waals surface area contributed by atoms with Crippen LogP contribution in [0.15, 0.2) is 35.3 Å². The number of halogens is 7. The average molecular weight is 599 g/mol. The summed E-state index contributed by atoms with van der Waals surface area (Å²) in [5, 5.41) is 0. The number of fused-ring (bicyclic) bond motifs is 2. The van der Waals surface area contributed by atoms with Gasteiger partial charge in [0.2, 0.25) is 0 Å². The van der Waals surface area contributed by atoms with E-state index >= 15 is 8.78 Å². The highest BCUT2D eigenvalue weighted by Crippen LogP contribution is 2.46. The summed E-state index contributed by atoms with van der Waals surface area (Å²) in [5.74, 6) is -8.49. The van der Waals surface area contributed by atoms with Crippen LogP contribution in [-0.2, 0) is 12.5 Å². The molecule has 0 aliphatic carbocycles. The van der Waals surface area contributed by atoms with E-state index in [2.05, 4.69) is 14.9 Å². The number of alkyl halides is 4. The minimum absolute atomic E-state index is 0.179. The number of ether oxygens (including phenoxy) is 1. The number of imidazole rings is 1. The van der Waals surface area contributed by atoms with E-state index in [9.17, 15) is 31.3 Å². The van der Waals surface area contributed by atoms with Crippen LogP contribution in [0.2, 0.25) is 0 Å². The molecule has 5 rings (SSSR count). The van der Waals surface area contributed by atoms with Gasteiger partial charge in [0.15, 0.2) is 11.9 Å². The molecular weight excluding hydrogens is 573 g/mol. The summed E-state index contributed by atoms with van der Waals surface area (Å²) >= 11 is 0. The Kier molecular flexibility index (Phi) is 7.92. The first-order valence-corrected chi connectivity index (χ1v) is 14.2. The van der Waals surface area contributed by atoms with Crippen LogP contribution in [0.1, 0.15) is 31.3 Å². The van der Waals surface area contributed by atoms with Crippen LogP contribution >= 0.6 is 10.5 Å². The Balaban J connectivity index is 0.00000181. The molecule has 1 aromatic heterocycles. The molecule has 2 aliphatic rings. The van der Waals surface area contributed by atoms with Crippen LogP contribution in [0.3, 0.4) is 0 Å². The molecule has 8 nitrogen and oxygen atoms in total. The van der Waals surface area contributed by atoms with E-state index in [4.69, 9.17) is 4.84 Å². The molecule has 0 radical (unpaired) electrons. The second kappa shape index (κ2) is 10.6. The molecule has 3 aromatic rings. The number of nitrogens with one attached hydrogen (secondary N) is 2. The number of hydrogen-bond acceptors (Lipinski definition) is 6. The van der Waals surface area contributed by atoms with Gasteiger partial charge < -0.3 is 14.1 Å². The van der Waals surface area contributed by atoms with Gasteiger partial charge in [0.25, 0.3) is 0 Å². The van der Waals surface area contributed by atoms with Crippen LogP contribution in [0, 0.1) is 17.5 Å². The molecular formula is C24H25F7N4O4S. The highest BCUT2D eigenvalue weighted by molar-refractivity contribution is 8.26. The van der Waals surface area contributed by atoms with Gasteiger partial charge in [0.1, 0.15) is 34.9 Å². The normalized spacial score (nSPS) is 19.5. The highest BCUT2D eigenvalue weighted by atomic mass is 32.3. The van der Waals surface area contributed by atoms with Crippen molar-refractivity contribution in [2.24, 2.45) is 0 Å². The molecule has 2 atom stereocenters. The highest BCUT2D eigenvalue weighted by Gasteiger charge is 2.52. The lowest BCUT2D eigenvalue weighted by Gasteiger charge is -2.31. The van der Waals surface area contributed by atoms with E-state index in [-0.39, 0.29) is 11.3 Å². The minimum atomic E-state index is -3.59. The molecule has 40 heavy (non-hydrogen) atoms. The lowest BCUT2D eigenvalue weighted by atomic mass is 9.96. The fourth-order valence-corrected chi connectivity index (χ4v) is 5.50. The van der Waals surface area contributed by atoms with Gasteiger partial charge in [-0.05, 0) is 18.6 Å². The number of benzene rings is 2. The van der Waals surface area contributed by atoms with E-state index < -0.39 is 87.5 Å². The molecule has 3 N–H and O–H groups in total. The van der Waals surface area contributed by atoms with E-state index in [0.29, 0.717) is 12.1 Å². The van der Waals surface area contributed by atoms with E-state index in [1.807, 2.05) is 13.8 Å². The molecule has 3 heterocycles. The molecule has 16 heteroatoms. The standard InChI is InChI=1S/C22H19F7N4O4S.C2H6/c1-38(2,35)31-15-7-32-16(22(15,28)29)8-33(21(32)34)19-18-11(17-12(24)3-9(23)4-13(17)25)5-10(36-20(26)27)6-14(18)37-30-19;1-2/h3-6,8,15,19-20,30-31,35H,7H2,1-2H3;1-2H3/t15-,19?;/m1./s1. The first-order valence-electron chi connectivity index (χ1n) is 11.8. The topological polar surface area (TPSA) is 89.7 Å². The monoisotopic (exact) mass is 598 g/mol. The average Bonchev–Trinajstić information content (AvgIpc) is 3.46. The summed E-state index contributed by atoms with van der Waals surface area (Å²) in [4.78, 5) is 18.4. The van der Waals surface area contributed by atoms with Crippen molar-refractivity contribution in [2.75, 3.05) is 12.5 Å². The van der Waals surface area contributed by atoms with E-state index in [1.165, 1.54) is 12.5 Å². The van der Waals surface area contributed by atoms with E-state index in [0.717, 1.165) is 27.5 Å². The van der Waals surface area contributed by atoms with Gasteiger partial charge in [-0.1, -0.05) is 24.3 Å². The molecule has 220 valence electrons. The van der Waals surface area contributed by atoms with Crippen molar-refractivity contribution in [3.8, 4) is 22.6 Å². The van der Waals surface area contributed by atoms with Crippen molar-refractivity contribution in [1.29, 1.82) is 0 Å². The van der Waals surface area contributed by atoms with Crippen molar-refractivity contribution in [2.45, 2.75) is 45.1 Å². The van der Waals surface area contributed by atoms with Gasteiger partial charge in [-0.3, -0.25) is 13.9 Å². The zero-order chi connectivity index (χ0) is 29.7. The molecule has 2 aromatic carbocycles. The molecule has 0 saturated heterocycles. The fraction of sp³-hybridized carbons (Fsp3) is 0.375. The fourth-order valence-electron chi connectivity index (χ4n) is 4.58. The first-order chi connectivity index (χ1) is 18.7. The van der Waals surface area contributed by atoms with Crippen LogP contribution < -0.4 is 25.5 Å². The van der Waals surface area contributed by atoms with Crippen LogP contribution in [0.25, 0.3) is 11.1 Å². The van der Waals surface area contributed by atoms with Crippen molar-refractivity contribution < 1.29 is 44.9 Å². The smallest absolute Gasteiger partial charge is 0.387 e. The van der Waals surface area contributed by atoms with E-state index in [1.54, 1.807) is 0 Å². The van der Waals surface area contributed by atoms with Crippen molar-refractivity contribution in [1.82, 2.24) is 19.3 Å². The van der Waals surface area contributed by atoms with Gasteiger partial charge in [-0.25, -0.2) is 18.0 Å². The first kappa shape index (κ1) is 29.8. The summed E-state index contributed by atoms with van der Waals surface area (Å²) < 4.78 is 118. The third kappa shape index (κ3) is 5.27. The van der Waals surface area contributed by atoms with Gasteiger partial charge in [-0.2, -0.15) is 17.6 Å². The second-order valence-electron chi connectivity index (χ2n) is 9.01. The summed E-state index contributed by atoms with van der Waals surface area (Å²) in [5.41, 5.74) is -0.746. The van der Waals surface area contributed by atoms with Crippen LogP contribution in [0.4, 0.5) is 30.7 Å². The van der Waals surface area contributed by atoms with Gasteiger partial charge in [0, 0.05) is 35.5 Å². The lowest BCUT2D eigenvalue weighted by Crippen LogP contribution is -2.42. The lowest BCUT2D eigenvalue weighted by molar-refractivity contribution is -0.0499. The number of aromatic nitrogens is 2. The Labute approximate surface area is 224 Å². The van der Waals surface area contributed by atoms with Gasteiger partial charge in [-0.15, -0.1) is 5.48 Å². The van der Waals surface area contributed by atoms with Crippen molar-refractivity contribution in [3.05, 3.63) is 69.7 Å². The predicted octanol–water partition coefficient (Wildman–Crippen LogP) is 5.32. The molecule has 0 amide bonds. The third-order valence-electron chi connectivity index (χ3n) is 6.03. The van der Waals surface area contributed by atoms with Gasteiger partial charge in [0.05, 0.1) is 12.1 Å². The number of hydroxylamine groups is 1. The van der Waals surface area contributed by atoms with Crippen LogP contribution in [0.5, 0.6) is 11.5 Å². The molecule has 0 fully saturated rings. The Bertz CT molecular complexity index is 1470. The van der Waals surface area contributed by atoms with Crippen molar-refractivity contribution >= 4 is 10.5 Å². The van der Waals surface area contributed by atoms with Crippen molar-refractivity contribution in [3.63, 3.8) is 0 Å². The summed E-state index contributed by atoms with van der Waals surface area (Å²) in [6.45, 7) is 0.182. The Morgan fingerprint density at radius 3 is 2.33 bits per heavy atom. The maximum absolute atomic E-state index is 15.2. The number of nitrogens with zero attached hydrogens (tertiary/aromatic N) is 2. The minimum Gasteiger partial charge on any atom is -0.435 e. The largest absolute Gasteiger partial charge is 0.435 e. The second-order valence-corrected chi connectivity index (χ2v) is 11.8. The zero-order valence-electron chi connectivity index (χ0n) is 21.4. The molecule has 1 unspecified atom stereocenters. The molecule has 0 spiro atoms. The quantitative estimate of drug-likeness (QED) is 0.333. The Hall–Kier alpha value is -3.21. The zero-order valence-corrected chi connectivity index (χ0v) is 22.3. The third-order valence-corrected chi connectivity index (χ3v) is 6.89. The molecule has 0 saturated carbocycles. The van der Waals surface area contributed by atoms with Crippen LogP contribution in [-0.4, -0.2) is 38.9 Å². The Morgan fingerprint density at radius 1 is 1.15 bits per heavy atom. The molecule has 0 bridgehead atoms. The van der Waals surface area contributed by atoms with Gasteiger partial charge >= 0.3 is 18.2 Å². The Morgan fingerprint density at radius 2 is 1.77 bits per heavy atom. The summed E-state index contributed by atoms with van der Waals surface area (Å²) in [7, 11) is -2.56. The SMILES string of the molecule is CC.CS(C)(O)N[C@@H]1Cn2c(cn(C3NOc4cc(OC(F)F)cc(-c5c(F)cc(F)cc5F)c43)c2=O)C1(F)F. The maximum Gasteiger partial charge on any atom is 0.387 e.